The second-order valence-electron chi connectivity index (χ2n) is 4.80. The summed E-state index contributed by atoms with van der Waals surface area (Å²) in [6.45, 7) is 2.21. The molecule has 1 aliphatic heterocycles. The minimum atomic E-state index is -0.376. The third-order valence-corrected chi connectivity index (χ3v) is 3.37. The van der Waals surface area contributed by atoms with Gasteiger partial charge in [-0.05, 0) is 17.7 Å². The molecular weight excluding hydrogens is 254 g/mol. The molecule has 1 aromatic carbocycles. The van der Waals surface area contributed by atoms with Gasteiger partial charge in [0.1, 0.15) is 0 Å². The van der Waals surface area contributed by atoms with Gasteiger partial charge in [-0.2, -0.15) is 10.5 Å². The van der Waals surface area contributed by atoms with Crippen molar-refractivity contribution in [3.05, 3.63) is 35.4 Å². The maximum absolute atomic E-state index is 12.2. The van der Waals surface area contributed by atoms with Crippen LogP contribution in [0.25, 0.3) is 0 Å². The molecule has 0 aromatic heterocycles. The molecule has 1 saturated heterocycles. The van der Waals surface area contributed by atoms with Crippen molar-refractivity contribution in [1.82, 2.24) is 5.06 Å². The van der Waals surface area contributed by atoms with Gasteiger partial charge in [-0.15, -0.1) is 0 Å². The Morgan fingerprint density at radius 2 is 2.15 bits per heavy atom. The molecule has 0 bridgehead atoms. The van der Waals surface area contributed by atoms with Gasteiger partial charge in [-0.25, -0.2) is 5.06 Å². The lowest BCUT2D eigenvalue weighted by molar-refractivity contribution is -0.181. The van der Waals surface area contributed by atoms with Crippen LogP contribution in [0.4, 0.5) is 0 Å². The first-order valence-corrected chi connectivity index (χ1v) is 6.50. The summed E-state index contributed by atoms with van der Waals surface area (Å²) in [6.07, 6.45) is 0.899. The Morgan fingerprint density at radius 1 is 1.45 bits per heavy atom. The number of hydrogen-bond donors (Lipinski definition) is 0. The third kappa shape index (κ3) is 2.79. The van der Waals surface area contributed by atoms with Crippen molar-refractivity contribution < 1.29 is 9.63 Å². The minimum absolute atomic E-state index is 0.142. The molecule has 5 heteroatoms. The Kier molecular flexibility index (Phi) is 4.34. The van der Waals surface area contributed by atoms with Crippen LogP contribution >= 0.6 is 0 Å². The zero-order valence-corrected chi connectivity index (χ0v) is 11.2. The van der Waals surface area contributed by atoms with E-state index in [-0.39, 0.29) is 24.3 Å². The van der Waals surface area contributed by atoms with Crippen molar-refractivity contribution in [3.63, 3.8) is 0 Å². The van der Waals surface area contributed by atoms with E-state index in [2.05, 4.69) is 6.07 Å². The molecule has 0 radical (unpaired) electrons. The number of carbonyl (C=O) groups excluding carboxylic acids is 1. The average Bonchev–Trinajstić information content (AvgIpc) is 2.96. The summed E-state index contributed by atoms with van der Waals surface area (Å²) in [6, 6.07) is 11.1. The Bertz CT molecular complexity index is 568. The minimum Gasteiger partial charge on any atom is -0.272 e. The van der Waals surface area contributed by atoms with Crippen LogP contribution in [0.15, 0.2) is 24.3 Å². The molecule has 1 aliphatic rings. The van der Waals surface area contributed by atoms with Crippen molar-refractivity contribution in [2.24, 2.45) is 5.92 Å². The number of nitriles is 2. The van der Waals surface area contributed by atoms with E-state index < -0.39 is 0 Å². The Morgan fingerprint density at radius 3 is 2.75 bits per heavy atom. The zero-order chi connectivity index (χ0) is 14.5. The van der Waals surface area contributed by atoms with Gasteiger partial charge in [0.2, 0.25) is 0 Å². The average molecular weight is 269 g/mol. The van der Waals surface area contributed by atoms with Crippen LogP contribution in [0.2, 0.25) is 0 Å². The van der Waals surface area contributed by atoms with E-state index in [0.717, 1.165) is 12.0 Å². The Labute approximate surface area is 117 Å². The maximum atomic E-state index is 12.2. The number of carbonyl (C=O) groups is 1. The van der Waals surface area contributed by atoms with Gasteiger partial charge in [0.15, 0.2) is 0 Å². The van der Waals surface area contributed by atoms with Crippen LogP contribution in [-0.2, 0) is 9.63 Å². The van der Waals surface area contributed by atoms with E-state index in [0.29, 0.717) is 12.2 Å². The van der Waals surface area contributed by atoms with Crippen molar-refractivity contribution >= 4 is 5.91 Å². The number of benzene rings is 1. The Hall–Kier alpha value is -2.37. The highest BCUT2D eigenvalue weighted by Crippen LogP contribution is 2.31. The lowest BCUT2D eigenvalue weighted by Crippen LogP contribution is -2.33. The van der Waals surface area contributed by atoms with Gasteiger partial charge >= 0.3 is 0 Å². The molecule has 1 aromatic rings. The third-order valence-electron chi connectivity index (χ3n) is 3.37. The molecule has 0 spiro atoms. The summed E-state index contributed by atoms with van der Waals surface area (Å²) in [4.78, 5) is 17.7. The zero-order valence-electron chi connectivity index (χ0n) is 11.2. The molecule has 0 unspecified atom stereocenters. The van der Waals surface area contributed by atoms with Gasteiger partial charge in [0, 0.05) is 12.8 Å². The topological polar surface area (TPSA) is 77.1 Å². The predicted molar refractivity (Wildman–Crippen MR) is 70.7 cm³/mol. The first-order chi connectivity index (χ1) is 9.67. The summed E-state index contributed by atoms with van der Waals surface area (Å²) < 4.78 is 0. The Balaban J connectivity index is 2.16. The first-order valence-electron chi connectivity index (χ1n) is 6.50. The summed E-state index contributed by atoms with van der Waals surface area (Å²) in [5.74, 6) is -0.544. The van der Waals surface area contributed by atoms with Crippen LogP contribution < -0.4 is 0 Å². The molecule has 102 valence electrons. The van der Waals surface area contributed by atoms with Crippen molar-refractivity contribution in [3.8, 4) is 12.1 Å². The van der Waals surface area contributed by atoms with Crippen LogP contribution in [0.1, 0.15) is 36.9 Å². The van der Waals surface area contributed by atoms with Gasteiger partial charge in [-0.3, -0.25) is 9.63 Å². The maximum Gasteiger partial charge on any atom is 0.250 e. The van der Waals surface area contributed by atoms with E-state index in [1.807, 2.05) is 18.2 Å². The smallest absolute Gasteiger partial charge is 0.250 e. The predicted octanol–water partition coefficient (Wildman–Crippen LogP) is 2.31. The highest BCUT2D eigenvalue weighted by Gasteiger charge is 2.33. The lowest BCUT2D eigenvalue weighted by atomic mass is 10.0. The molecular formula is C15H15N3O2. The van der Waals surface area contributed by atoms with Crippen LogP contribution in [0.3, 0.4) is 0 Å². The fourth-order valence-corrected chi connectivity index (χ4v) is 2.21. The molecule has 0 N–H and O–H groups in total. The largest absolute Gasteiger partial charge is 0.272 e. The van der Waals surface area contributed by atoms with E-state index in [1.165, 1.54) is 5.06 Å². The fourth-order valence-electron chi connectivity index (χ4n) is 2.21. The summed E-state index contributed by atoms with van der Waals surface area (Å²) >= 11 is 0. The van der Waals surface area contributed by atoms with Gasteiger partial charge in [-0.1, -0.05) is 19.1 Å². The number of nitrogens with zero attached hydrogens (tertiary/aromatic N) is 3. The summed E-state index contributed by atoms with van der Waals surface area (Å²) in [7, 11) is 0. The van der Waals surface area contributed by atoms with Crippen molar-refractivity contribution in [2.75, 3.05) is 6.61 Å². The standard InChI is InChI=1S/C15H15N3O2/c1-11(6-8-16)15(19)18-14(7-9-20-18)13-4-2-12(10-17)3-5-13/h2-5,11,14H,6-7,9H2,1H3/t11-,14+/m1/s1. The molecule has 1 amide bonds. The number of hydrogen-bond acceptors (Lipinski definition) is 4. The van der Waals surface area contributed by atoms with Gasteiger partial charge in [0.25, 0.3) is 5.91 Å². The van der Waals surface area contributed by atoms with E-state index >= 15 is 0 Å². The second kappa shape index (κ2) is 6.18. The van der Waals surface area contributed by atoms with Crippen molar-refractivity contribution in [2.45, 2.75) is 25.8 Å². The van der Waals surface area contributed by atoms with Gasteiger partial charge in [0.05, 0.1) is 36.3 Å². The molecule has 2 rings (SSSR count). The molecule has 0 saturated carbocycles. The lowest BCUT2D eigenvalue weighted by Gasteiger charge is -2.25. The van der Waals surface area contributed by atoms with Crippen LogP contribution in [-0.4, -0.2) is 17.6 Å². The van der Waals surface area contributed by atoms with Crippen LogP contribution in [0, 0.1) is 28.6 Å². The highest BCUT2D eigenvalue weighted by atomic mass is 16.7. The molecule has 5 nitrogen and oxygen atoms in total. The molecule has 2 atom stereocenters. The number of rotatable bonds is 3. The second-order valence-corrected chi connectivity index (χ2v) is 4.80. The normalized spacial score (nSPS) is 19.1. The monoisotopic (exact) mass is 269 g/mol. The highest BCUT2D eigenvalue weighted by molar-refractivity contribution is 5.78. The number of hydroxylamine groups is 2. The van der Waals surface area contributed by atoms with Gasteiger partial charge < -0.3 is 0 Å². The molecule has 0 aliphatic carbocycles. The summed E-state index contributed by atoms with van der Waals surface area (Å²) in [5, 5.41) is 18.9. The van der Waals surface area contributed by atoms with Crippen molar-refractivity contribution in [1.29, 1.82) is 10.5 Å². The van der Waals surface area contributed by atoms with E-state index in [9.17, 15) is 4.79 Å². The number of amides is 1. The quantitative estimate of drug-likeness (QED) is 0.843. The SMILES string of the molecule is C[C@H](CC#N)C(=O)N1OCC[C@H]1c1ccc(C#N)cc1. The summed E-state index contributed by atoms with van der Waals surface area (Å²) in [5.41, 5.74) is 1.53. The van der Waals surface area contributed by atoms with E-state index in [1.54, 1.807) is 19.1 Å². The van der Waals surface area contributed by atoms with E-state index in [4.69, 9.17) is 15.4 Å². The molecule has 20 heavy (non-hydrogen) atoms. The first kappa shape index (κ1) is 14.0. The fraction of sp³-hybridized carbons (Fsp3) is 0.400. The molecule has 1 heterocycles. The van der Waals surface area contributed by atoms with Crippen LogP contribution in [0.5, 0.6) is 0 Å². The molecule has 1 fully saturated rings.